The molecule has 0 saturated heterocycles. The van der Waals surface area contributed by atoms with E-state index in [2.05, 4.69) is 47.3 Å². The number of carbonyl (C=O) groups excluding carboxylic acids is 1. The highest BCUT2D eigenvalue weighted by molar-refractivity contribution is 5.83. The van der Waals surface area contributed by atoms with Crippen molar-refractivity contribution in [2.75, 3.05) is 14.1 Å². The monoisotopic (exact) mass is 278 g/mol. The van der Waals surface area contributed by atoms with Crippen LogP contribution >= 0.6 is 0 Å². The van der Waals surface area contributed by atoms with E-state index in [4.69, 9.17) is 0 Å². The number of amides is 1. The highest BCUT2D eigenvalue weighted by Crippen LogP contribution is 2.31. The summed E-state index contributed by atoms with van der Waals surface area (Å²) in [4.78, 5) is 11.9. The first-order valence-electron chi connectivity index (χ1n) is 7.38. The highest BCUT2D eigenvalue weighted by atomic mass is 16.2. The van der Waals surface area contributed by atoms with Gasteiger partial charge in [0.2, 0.25) is 5.91 Å². The first-order valence-corrected chi connectivity index (χ1v) is 7.38. The van der Waals surface area contributed by atoms with Crippen LogP contribution in [-0.2, 0) is 4.79 Å². The van der Waals surface area contributed by atoms with Crippen molar-refractivity contribution < 1.29 is 4.79 Å². The van der Waals surface area contributed by atoms with E-state index < -0.39 is 0 Å². The van der Waals surface area contributed by atoms with Gasteiger partial charge in [-0.15, -0.1) is 0 Å². The molecule has 5 nitrogen and oxygen atoms in total. The van der Waals surface area contributed by atoms with Gasteiger partial charge in [-0.05, 0) is 50.8 Å². The molecule has 0 spiro atoms. The van der Waals surface area contributed by atoms with Crippen LogP contribution < -0.4 is 16.3 Å². The van der Waals surface area contributed by atoms with Crippen LogP contribution in [0.15, 0.2) is 23.4 Å². The zero-order valence-corrected chi connectivity index (χ0v) is 12.9. The third-order valence-corrected chi connectivity index (χ3v) is 4.34. The molecular formula is C15H26N4O. The molecule has 0 heterocycles. The standard InChI is InChI=1S/C15H26N4O/c1-10-11(2)14(19(4)18-16-3)7-5-6-13(10)17-15(20)12-8-9-12/h5-6,11-12,14,16,18H,7-9H2,1-4H3,(H,17,20)/t11-,14+/m0/s1. The van der Waals surface area contributed by atoms with E-state index in [0.717, 1.165) is 25.0 Å². The Bertz CT molecular complexity index is 426. The van der Waals surface area contributed by atoms with Gasteiger partial charge in [0.1, 0.15) is 0 Å². The van der Waals surface area contributed by atoms with Gasteiger partial charge in [-0.25, -0.2) is 10.4 Å². The minimum absolute atomic E-state index is 0.177. The Labute approximate surface area is 121 Å². The minimum Gasteiger partial charge on any atom is -0.326 e. The lowest BCUT2D eigenvalue weighted by atomic mass is 9.92. The average Bonchev–Trinajstić information content (AvgIpc) is 3.24. The summed E-state index contributed by atoms with van der Waals surface area (Å²) in [6.07, 6.45) is 7.23. The average molecular weight is 278 g/mol. The molecule has 2 aliphatic rings. The fraction of sp³-hybridized carbons (Fsp3) is 0.667. The molecule has 0 aliphatic heterocycles. The second kappa shape index (κ2) is 6.52. The summed E-state index contributed by atoms with van der Waals surface area (Å²) in [5.74, 6) is 0.786. The fourth-order valence-electron chi connectivity index (χ4n) is 2.67. The Morgan fingerprint density at radius 2 is 2.10 bits per heavy atom. The van der Waals surface area contributed by atoms with Gasteiger partial charge < -0.3 is 5.32 Å². The van der Waals surface area contributed by atoms with Crippen LogP contribution in [-0.4, -0.2) is 31.1 Å². The van der Waals surface area contributed by atoms with Crippen molar-refractivity contribution in [3.8, 4) is 0 Å². The van der Waals surface area contributed by atoms with E-state index in [0.29, 0.717) is 12.0 Å². The maximum Gasteiger partial charge on any atom is 0.227 e. The maximum atomic E-state index is 11.9. The number of nitrogens with zero attached hydrogens (tertiary/aromatic N) is 1. The first kappa shape index (κ1) is 15.2. The second-order valence-corrected chi connectivity index (χ2v) is 5.83. The van der Waals surface area contributed by atoms with Crippen LogP contribution in [0.2, 0.25) is 0 Å². The summed E-state index contributed by atoms with van der Waals surface area (Å²) in [6, 6.07) is 0.356. The first-order chi connectivity index (χ1) is 9.54. The van der Waals surface area contributed by atoms with E-state index >= 15 is 0 Å². The lowest BCUT2D eigenvalue weighted by molar-refractivity contribution is -0.121. The Kier molecular flexibility index (Phi) is 4.96. The molecular weight excluding hydrogens is 252 g/mol. The zero-order chi connectivity index (χ0) is 14.7. The molecule has 0 unspecified atom stereocenters. The summed E-state index contributed by atoms with van der Waals surface area (Å²) < 4.78 is 0. The molecule has 0 aromatic carbocycles. The molecule has 1 fully saturated rings. The third-order valence-electron chi connectivity index (χ3n) is 4.34. The van der Waals surface area contributed by atoms with Crippen LogP contribution in [0, 0.1) is 11.8 Å². The molecule has 0 bridgehead atoms. The number of allylic oxidation sites excluding steroid dienone is 1. The molecule has 1 amide bonds. The van der Waals surface area contributed by atoms with Crippen molar-refractivity contribution >= 4 is 5.91 Å². The molecule has 0 aromatic heterocycles. The smallest absolute Gasteiger partial charge is 0.227 e. The van der Waals surface area contributed by atoms with E-state index in [1.165, 1.54) is 5.57 Å². The van der Waals surface area contributed by atoms with Crippen molar-refractivity contribution in [2.45, 2.75) is 39.2 Å². The molecule has 2 aliphatic carbocycles. The molecule has 2 atom stereocenters. The molecule has 20 heavy (non-hydrogen) atoms. The Balaban J connectivity index is 2.09. The van der Waals surface area contributed by atoms with E-state index in [1.807, 2.05) is 14.1 Å². The Morgan fingerprint density at radius 3 is 2.70 bits per heavy atom. The van der Waals surface area contributed by atoms with Gasteiger partial charge in [0.05, 0.1) is 0 Å². The molecule has 2 rings (SSSR count). The number of nitrogens with one attached hydrogen (secondary N) is 3. The third kappa shape index (κ3) is 3.48. The summed E-state index contributed by atoms with van der Waals surface area (Å²) in [5.41, 5.74) is 8.29. The summed E-state index contributed by atoms with van der Waals surface area (Å²) >= 11 is 0. The SMILES string of the molecule is CNNN(C)[C@@H]1CC=CC(NC(=O)C2CC2)=C(C)[C@@H]1C. The number of rotatable bonds is 5. The van der Waals surface area contributed by atoms with E-state index in [-0.39, 0.29) is 11.8 Å². The summed E-state index contributed by atoms with van der Waals surface area (Å²) in [5, 5.41) is 5.18. The largest absolute Gasteiger partial charge is 0.326 e. The van der Waals surface area contributed by atoms with Crippen molar-refractivity contribution in [3.05, 3.63) is 23.4 Å². The lowest BCUT2D eigenvalue weighted by Gasteiger charge is -2.32. The van der Waals surface area contributed by atoms with Crippen molar-refractivity contribution in [3.63, 3.8) is 0 Å². The highest BCUT2D eigenvalue weighted by Gasteiger charge is 2.31. The lowest BCUT2D eigenvalue weighted by Crippen LogP contribution is -2.50. The van der Waals surface area contributed by atoms with Gasteiger partial charge in [-0.2, -0.15) is 5.53 Å². The van der Waals surface area contributed by atoms with E-state index in [1.54, 1.807) is 0 Å². The van der Waals surface area contributed by atoms with Crippen LogP contribution in [0.4, 0.5) is 0 Å². The zero-order valence-electron chi connectivity index (χ0n) is 12.9. The van der Waals surface area contributed by atoms with Crippen LogP contribution in [0.5, 0.6) is 0 Å². The van der Waals surface area contributed by atoms with Gasteiger partial charge in [-0.1, -0.05) is 13.0 Å². The molecule has 1 saturated carbocycles. The summed E-state index contributed by atoms with van der Waals surface area (Å²) in [7, 11) is 3.89. The topological polar surface area (TPSA) is 56.4 Å². The Morgan fingerprint density at radius 1 is 1.40 bits per heavy atom. The van der Waals surface area contributed by atoms with Crippen LogP contribution in [0.1, 0.15) is 33.1 Å². The molecule has 3 N–H and O–H groups in total. The van der Waals surface area contributed by atoms with Crippen molar-refractivity contribution in [2.24, 2.45) is 11.8 Å². The number of hydrogen-bond donors (Lipinski definition) is 3. The number of hydrazine groups is 2. The predicted octanol–water partition coefficient (Wildman–Crippen LogP) is 1.32. The Hall–Kier alpha value is -1.17. The van der Waals surface area contributed by atoms with Gasteiger partial charge in [0, 0.05) is 24.7 Å². The van der Waals surface area contributed by atoms with Gasteiger partial charge in [0.25, 0.3) is 0 Å². The van der Waals surface area contributed by atoms with Crippen LogP contribution in [0.3, 0.4) is 0 Å². The predicted molar refractivity (Wildman–Crippen MR) is 80.2 cm³/mol. The molecule has 5 heteroatoms. The summed E-state index contributed by atoms with van der Waals surface area (Å²) in [6.45, 7) is 4.33. The van der Waals surface area contributed by atoms with Crippen molar-refractivity contribution in [1.29, 1.82) is 0 Å². The van der Waals surface area contributed by atoms with Crippen molar-refractivity contribution in [1.82, 2.24) is 21.3 Å². The van der Waals surface area contributed by atoms with Gasteiger partial charge >= 0.3 is 0 Å². The number of carbonyl (C=O) groups is 1. The fourth-order valence-corrected chi connectivity index (χ4v) is 2.67. The van der Waals surface area contributed by atoms with Gasteiger partial charge in [0.15, 0.2) is 0 Å². The second-order valence-electron chi connectivity index (χ2n) is 5.83. The van der Waals surface area contributed by atoms with Crippen LogP contribution in [0.25, 0.3) is 0 Å². The molecule has 112 valence electrons. The minimum atomic E-state index is 0.177. The van der Waals surface area contributed by atoms with Gasteiger partial charge in [-0.3, -0.25) is 4.79 Å². The quantitative estimate of drug-likeness (QED) is 0.664. The maximum absolute atomic E-state index is 11.9. The molecule has 0 radical (unpaired) electrons. The number of hydrogen-bond acceptors (Lipinski definition) is 4. The normalized spacial score (nSPS) is 26.9. The van der Waals surface area contributed by atoms with E-state index in [9.17, 15) is 4.79 Å². The molecule has 0 aromatic rings.